The Bertz CT molecular complexity index is 367. The molecular weight excluding hydrogens is 315 g/mol. The van der Waals surface area contributed by atoms with Crippen molar-refractivity contribution in [3.63, 3.8) is 0 Å². The lowest BCUT2D eigenvalue weighted by Crippen LogP contribution is -2.21. The topological polar surface area (TPSA) is 55.8 Å². The molecule has 118 valence electrons. The predicted octanol–water partition coefficient (Wildman–Crippen LogP) is 4.31. The Morgan fingerprint density at radius 3 is 2.15 bits per heavy atom. The van der Waals surface area contributed by atoms with Crippen molar-refractivity contribution in [3.8, 4) is 0 Å². The third kappa shape index (κ3) is 4.79. The highest BCUT2D eigenvalue weighted by atomic mass is 32.2. The molecule has 1 saturated heterocycles. The summed E-state index contributed by atoms with van der Waals surface area (Å²) in [7, 11) is -3.42. The molecule has 1 atom stereocenters. The lowest BCUT2D eigenvalue weighted by Gasteiger charge is -2.29. The highest BCUT2D eigenvalue weighted by Crippen LogP contribution is 2.62. The first-order valence-corrected chi connectivity index (χ1v) is 10.5. The normalized spacial score (nSPS) is 18.4. The van der Waals surface area contributed by atoms with Crippen LogP contribution in [0.2, 0.25) is 0 Å². The third-order valence-corrected chi connectivity index (χ3v) is 8.00. The van der Waals surface area contributed by atoms with Gasteiger partial charge >= 0.3 is 7.60 Å². The SMILES string of the molecule is CCOP(=O)(OCC)C(=C1SCCCS1)C(O)C(C)C. The zero-order chi connectivity index (χ0) is 15.2. The molecule has 4 nitrogen and oxygen atoms in total. The molecule has 0 saturated carbocycles. The summed E-state index contributed by atoms with van der Waals surface area (Å²) in [5.74, 6) is 1.93. The molecule has 1 rings (SSSR count). The van der Waals surface area contributed by atoms with E-state index in [1.807, 2.05) is 13.8 Å². The summed E-state index contributed by atoms with van der Waals surface area (Å²) in [6.07, 6.45) is 0.323. The monoisotopic (exact) mass is 340 g/mol. The van der Waals surface area contributed by atoms with Gasteiger partial charge in [0.05, 0.1) is 28.9 Å². The summed E-state index contributed by atoms with van der Waals surface area (Å²) in [4.78, 5) is 0. The summed E-state index contributed by atoms with van der Waals surface area (Å²) in [5, 5.41) is 11.0. The van der Waals surface area contributed by atoms with Gasteiger partial charge in [0.15, 0.2) is 0 Å². The number of rotatable bonds is 7. The van der Waals surface area contributed by atoms with Crippen LogP contribution in [0.25, 0.3) is 0 Å². The van der Waals surface area contributed by atoms with Gasteiger partial charge in [-0.05, 0) is 37.7 Å². The lowest BCUT2D eigenvalue weighted by atomic mass is 10.1. The van der Waals surface area contributed by atoms with Gasteiger partial charge in [0.1, 0.15) is 0 Å². The second-order valence-electron chi connectivity index (χ2n) is 4.75. The lowest BCUT2D eigenvalue weighted by molar-refractivity contribution is 0.154. The van der Waals surface area contributed by atoms with Crippen molar-refractivity contribution in [1.82, 2.24) is 0 Å². The van der Waals surface area contributed by atoms with Crippen molar-refractivity contribution >= 4 is 31.1 Å². The second kappa shape index (κ2) is 8.86. The summed E-state index contributed by atoms with van der Waals surface area (Å²) < 4.78 is 24.9. The Kier molecular flexibility index (Phi) is 8.24. The summed E-state index contributed by atoms with van der Waals surface area (Å²) in [6.45, 7) is 7.99. The zero-order valence-corrected chi connectivity index (χ0v) is 15.2. The average molecular weight is 340 g/mol. The molecule has 0 aliphatic carbocycles. The molecule has 0 bridgehead atoms. The molecule has 0 amide bonds. The van der Waals surface area contributed by atoms with Gasteiger partial charge in [0.2, 0.25) is 0 Å². The molecule has 0 aromatic carbocycles. The van der Waals surface area contributed by atoms with E-state index in [9.17, 15) is 9.67 Å². The molecule has 0 spiro atoms. The number of aliphatic hydroxyl groups is 1. The van der Waals surface area contributed by atoms with Crippen LogP contribution < -0.4 is 0 Å². The molecular formula is C13H25O4PS2. The van der Waals surface area contributed by atoms with Crippen LogP contribution >= 0.6 is 31.1 Å². The first-order valence-electron chi connectivity index (χ1n) is 7.03. The number of aliphatic hydroxyl groups excluding tert-OH is 1. The van der Waals surface area contributed by atoms with Gasteiger partial charge in [-0.1, -0.05) is 13.8 Å². The van der Waals surface area contributed by atoms with Gasteiger partial charge in [0, 0.05) is 0 Å². The van der Waals surface area contributed by atoms with E-state index in [2.05, 4.69) is 0 Å². The van der Waals surface area contributed by atoms with Crippen molar-refractivity contribution in [1.29, 1.82) is 0 Å². The molecule has 7 heteroatoms. The zero-order valence-electron chi connectivity index (χ0n) is 12.6. The molecule has 1 aliphatic rings. The van der Waals surface area contributed by atoms with E-state index in [0.29, 0.717) is 18.5 Å². The summed E-state index contributed by atoms with van der Waals surface area (Å²) in [5.41, 5.74) is 0. The van der Waals surface area contributed by atoms with Gasteiger partial charge in [-0.15, -0.1) is 23.5 Å². The van der Waals surface area contributed by atoms with Gasteiger partial charge in [-0.25, -0.2) is 0 Å². The molecule has 1 fully saturated rings. The largest absolute Gasteiger partial charge is 0.388 e. The van der Waals surface area contributed by atoms with E-state index in [1.54, 1.807) is 37.4 Å². The Balaban J connectivity index is 3.23. The first kappa shape index (κ1) is 18.6. The van der Waals surface area contributed by atoms with E-state index >= 15 is 0 Å². The van der Waals surface area contributed by atoms with E-state index in [4.69, 9.17) is 9.05 Å². The fraction of sp³-hybridized carbons (Fsp3) is 0.846. The van der Waals surface area contributed by atoms with Crippen LogP contribution in [0.1, 0.15) is 34.1 Å². The van der Waals surface area contributed by atoms with Crippen LogP contribution in [0.15, 0.2) is 9.55 Å². The van der Waals surface area contributed by atoms with E-state index in [1.165, 1.54) is 0 Å². The van der Waals surface area contributed by atoms with E-state index in [-0.39, 0.29) is 5.92 Å². The Morgan fingerprint density at radius 1 is 1.25 bits per heavy atom. The van der Waals surface area contributed by atoms with Crippen LogP contribution in [0.3, 0.4) is 0 Å². The standard InChI is InChI=1S/C13H25O4PS2/c1-5-16-18(15,17-6-2)12(11(14)10(3)4)13-19-8-7-9-20-13/h10-11,14H,5-9H2,1-4H3. The maximum absolute atomic E-state index is 13.1. The van der Waals surface area contributed by atoms with E-state index < -0.39 is 13.7 Å². The number of hydrogen-bond acceptors (Lipinski definition) is 6. The molecule has 1 aliphatic heterocycles. The van der Waals surface area contributed by atoms with Crippen LogP contribution in [-0.4, -0.2) is 35.9 Å². The molecule has 1 N–H and O–H groups in total. The predicted molar refractivity (Wildman–Crippen MR) is 88.3 cm³/mol. The number of hydrogen-bond donors (Lipinski definition) is 1. The fourth-order valence-electron chi connectivity index (χ4n) is 1.80. The highest BCUT2D eigenvalue weighted by Gasteiger charge is 2.39. The quantitative estimate of drug-likeness (QED) is 0.697. The summed E-state index contributed by atoms with van der Waals surface area (Å²) in [6, 6.07) is 0. The molecule has 0 aromatic heterocycles. The maximum Gasteiger partial charge on any atom is 0.361 e. The smallest absolute Gasteiger partial charge is 0.361 e. The maximum atomic E-state index is 13.1. The molecule has 1 heterocycles. The van der Waals surface area contributed by atoms with Crippen LogP contribution in [0, 0.1) is 5.92 Å². The fourth-order valence-corrected chi connectivity index (χ4v) is 7.24. The molecule has 0 aromatic rings. The second-order valence-corrected chi connectivity index (χ2v) is 9.21. The minimum Gasteiger partial charge on any atom is -0.388 e. The Morgan fingerprint density at radius 2 is 1.75 bits per heavy atom. The van der Waals surface area contributed by atoms with Gasteiger partial charge < -0.3 is 14.2 Å². The molecule has 1 unspecified atom stereocenters. The highest BCUT2D eigenvalue weighted by molar-refractivity contribution is 8.23. The molecule has 0 radical (unpaired) electrons. The van der Waals surface area contributed by atoms with Crippen LogP contribution in [0.5, 0.6) is 0 Å². The average Bonchev–Trinajstić information content (AvgIpc) is 2.40. The van der Waals surface area contributed by atoms with E-state index in [0.717, 1.165) is 22.2 Å². The van der Waals surface area contributed by atoms with Crippen LogP contribution in [0.4, 0.5) is 0 Å². The van der Waals surface area contributed by atoms with Gasteiger partial charge in [-0.2, -0.15) is 0 Å². The Labute approximate surface area is 130 Å². The summed E-state index contributed by atoms with van der Waals surface area (Å²) >= 11 is 3.29. The van der Waals surface area contributed by atoms with Crippen molar-refractivity contribution in [2.24, 2.45) is 5.92 Å². The minimum atomic E-state index is -3.42. The Hall–Kier alpha value is 0.550. The first-order chi connectivity index (χ1) is 9.46. The molecule has 20 heavy (non-hydrogen) atoms. The van der Waals surface area contributed by atoms with Gasteiger partial charge in [-0.3, -0.25) is 4.57 Å². The van der Waals surface area contributed by atoms with Crippen molar-refractivity contribution in [2.75, 3.05) is 24.7 Å². The van der Waals surface area contributed by atoms with Crippen LogP contribution in [-0.2, 0) is 13.6 Å². The van der Waals surface area contributed by atoms with Crippen molar-refractivity contribution in [2.45, 2.75) is 40.2 Å². The van der Waals surface area contributed by atoms with Crippen molar-refractivity contribution < 1.29 is 18.7 Å². The van der Waals surface area contributed by atoms with Gasteiger partial charge in [0.25, 0.3) is 0 Å². The minimum absolute atomic E-state index is 0.0325. The third-order valence-electron chi connectivity index (χ3n) is 2.77. The van der Waals surface area contributed by atoms with Crippen molar-refractivity contribution in [3.05, 3.63) is 9.55 Å². The number of thioether (sulfide) groups is 2.